The maximum absolute atomic E-state index is 13.4. The smallest absolute Gasteiger partial charge is 0.126 e. The van der Waals surface area contributed by atoms with Crippen LogP contribution in [0.15, 0.2) is 29.5 Å². The van der Waals surface area contributed by atoms with E-state index in [1.807, 2.05) is 19.1 Å². The Balaban J connectivity index is 2.15. The molecule has 2 rings (SSSR count). The topological polar surface area (TPSA) is 56.3 Å². The Labute approximate surface area is 142 Å². The average Bonchev–Trinajstić information content (AvgIpc) is 2.76. The Hall–Kier alpha value is -2.13. The first-order valence-corrected chi connectivity index (χ1v) is 8.01. The molecule has 1 aliphatic heterocycles. The van der Waals surface area contributed by atoms with E-state index in [1.165, 1.54) is 6.07 Å². The number of hydrogen-bond donors (Lipinski definition) is 1. The Morgan fingerprint density at radius 1 is 1.30 bits per heavy atom. The minimum absolute atomic E-state index is 0.139. The molecule has 0 radical (unpaired) electrons. The van der Waals surface area contributed by atoms with Crippen molar-refractivity contribution in [3.05, 3.63) is 40.8 Å². The zero-order valence-electron chi connectivity index (χ0n) is 13.5. The largest absolute Gasteiger partial charge is 0.389 e. The summed E-state index contributed by atoms with van der Waals surface area (Å²) < 4.78 is 13.4. The van der Waals surface area contributed by atoms with Crippen molar-refractivity contribution in [2.24, 2.45) is 5.73 Å². The number of nitrogens with zero attached hydrogens (tertiary/aromatic N) is 3. The molecule has 1 saturated heterocycles. The highest BCUT2D eigenvalue weighted by Crippen LogP contribution is 2.21. The molecular weight excluding hydrogens is 311 g/mol. The molecule has 6 heteroatoms. The molecule has 0 saturated carbocycles. The molecule has 1 heterocycles. The van der Waals surface area contributed by atoms with Crippen molar-refractivity contribution in [1.82, 2.24) is 4.90 Å². The van der Waals surface area contributed by atoms with Gasteiger partial charge in [0.15, 0.2) is 0 Å². The van der Waals surface area contributed by atoms with Crippen LogP contribution in [0.4, 0.5) is 10.1 Å². The quantitative estimate of drug-likeness (QED) is 0.524. The van der Waals surface area contributed by atoms with Gasteiger partial charge in [0.05, 0.1) is 0 Å². The molecule has 0 aromatic heterocycles. The SMILES string of the molecule is C/C(=C(\C#N)C(N)=S)N1CCCN(c2ccc(F)c(C)c2)CC1. The number of anilines is 1. The fourth-order valence-electron chi connectivity index (χ4n) is 2.81. The third-order valence-electron chi connectivity index (χ3n) is 4.20. The molecule has 23 heavy (non-hydrogen) atoms. The lowest BCUT2D eigenvalue weighted by molar-refractivity contribution is 0.369. The fourth-order valence-corrected chi connectivity index (χ4v) is 3.00. The van der Waals surface area contributed by atoms with Gasteiger partial charge in [-0.15, -0.1) is 0 Å². The molecule has 4 nitrogen and oxygen atoms in total. The molecule has 2 N–H and O–H groups in total. The van der Waals surface area contributed by atoms with Gasteiger partial charge in [0, 0.05) is 37.6 Å². The maximum Gasteiger partial charge on any atom is 0.126 e. The second-order valence-corrected chi connectivity index (χ2v) is 6.14. The summed E-state index contributed by atoms with van der Waals surface area (Å²) in [6.07, 6.45) is 0.948. The molecule has 1 aliphatic rings. The summed E-state index contributed by atoms with van der Waals surface area (Å²) in [7, 11) is 0. The summed E-state index contributed by atoms with van der Waals surface area (Å²) in [5.41, 5.74) is 8.52. The zero-order valence-corrected chi connectivity index (χ0v) is 14.3. The molecule has 1 fully saturated rings. The number of hydrogen-bond acceptors (Lipinski definition) is 4. The molecular formula is C17H21FN4S. The number of benzene rings is 1. The van der Waals surface area contributed by atoms with E-state index in [9.17, 15) is 9.65 Å². The predicted octanol–water partition coefficient (Wildman–Crippen LogP) is 2.73. The molecule has 0 atom stereocenters. The van der Waals surface area contributed by atoms with Crippen molar-refractivity contribution in [3.63, 3.8) is 0 Å². The molecule has 0 bridgehead atoms. The van der Waals surface area contributed by atoms with E-state index in [0.29, 0.717) is 11.1 Å². The lowest BCUT2D eigenvalue weighted by Gasteiger charge is -2.26. The van der Waals surface area contributed by atoms with Gasteiger partial charge in [-0.2, -0.15) is 5.26 Å². The van der Waals surface area contributed by atoms with Crippen LogP contribution < -0.4 is 10.6 Å². The third-order valence-corrected chi connectivity index (χ3v) is 4.40. The molecule has 122 valence electrons. The number of aryl methyl sites for hydroxylation is 1. The second kappa shape index (κ2) is 7.42. The third kappa shape index (κ3) is 3.99. The molecule has 0 aliphatic carbocycles. The van der Waals surface area contributed by atoms with E-state index in [2.05, 4.69) is 15.9 Å². The van der Waals surface area contributed by atoms with Crippen molar-refractivity contribution >= 4 is 22.9 Å². The van der Waals surface area contributed by atoms with Gasteiger partial charge >= 0.3 is 0 Å². The zero-order chi connectivity index (χ0) is 17.0. The summed E-state index contributed by atoms with van der Waals surface area (Å²) in [6, 6.07) is 7.30. The van der Waals surface area contributed by atoms with E-state index in [1.54, 1.807) is 6.92 Å². The summed E-state index contributed by atoms with van der Waals surface area (Å²) in [6.45, 7) is 6.97. The normalized spacial score (nSPS) is 16.4. The highest BCUT2D eigenvalue weighted by atomic mass is 32.1. The van der Waals surface area contributed by atoms with Crippen molar-refractivity contribution in [2.75, 3.05) is 31.1 Å². The first-order valence-electron chi connectivity index (χ1n) is 7.61. The van der Waals surface area contributed by atoms with E-state index < -0.39 is 0 Å². The van der Waals surface area contributed by atoms with Crippen LogP contribution in [0.5, 0.6) is 0 Å². The highest BCUT2D eigenvalue weighted by Gasteiger charge is 2.18. The van der Waals surface area contributed by atoms with Crippen molar-refractivity contribution in [3.8, 4) is 6.07 Å². The van der Waals surface area contributed by atoms with Gasteiger partial charge in [0.1, 0.15) is 22.4 Å². The number of halogens is 1. The van der Waals surface area contributed by atoms with Crippen LogP contribution >= 0.6 is 12.2 Å². The number of rotatable bonds is 3. The Kier molecular flexibility index (Phi) is 5.56. The summed E-state index contributed by atoms with van der Waals surface area (Å²) >= 11 is 4.95. The first-order chi connectivity index (χ1) is 10.9. The lowest BCUT2D eigenvalue weighted by Crippen LogP contribution is -2.31. The number of thiocarbonyl (C=S) groups is 1. The van der Waals surface area contributed by atoms with E-state index in [0.717, 1.165) is 44.0 Å². The van der Waals surface area contributed by atoms with Gasteiger partial charge in [-0.05, 0) is 44.0 Å². The first kappa shape index (κ1) is 17.2. The van der Waals surface area contributed by atoms with Crippen LogP contribution in [0.25, 0.3) is 0 Å². The summed E-state index contributed by atoms with van der Waals surface area (Å²) in [5.74, 6) is -0.181. The van der Waals surface area contributed by atoms with Crippen LogP contribution in [0.3, 0.4) is 0 Å². The summed E-state index contributed by atoms with van der Waals surface area (Å²) in [4.78, 5) is 4.53. The van der Waals surface area contributed by atoms with Gasteiger partial charge in [0.2, 0.25) is 0 Å². The van der Waals surface area contributed by atoms with E-state index in [-0.39, 0.29) is 10.8 Å². The van der Waals surface area contributed by atoms with Gasteiger partial charge < -0.3 is 15.5 Å². The standard InChI is InChI=1S/C17H21FN4S/c1-12-10-14(4-5-16(12)18)22-7-3-6-21(8-9-22)13(2)15(11-19)17(20)23/h4-5,10H,3,6-9H2,1-2H3,(H2,20,23)/b15-13-. The van der Waals surface area contributed by atoms with Crippen molar-refractivity contribution in [1.29, 1.82) is 5.26 Å². The molecule has 0 unspecified atom stereocenters. The van der Waals surface area contributed by atoms with Crippen molar-refractivity contribution in [2.45, 2.75) is 20.3 Å². The van der Waals surface area contributed by atoms with Gasteiger partial charge in [-0.1, -0.05) is 12.2 Å². The number of nitrogens with two attached hydrogens (primary N) is 1. The number of allylic oxidation sites excluding steroid dienone is 1. The van der Waals surface area contributed by atoms with Gasteiger partial charge in [0.25, 0.3) is 0 Å². The van der Waals surface area contributed by atoms with Crippen LogP contribution in [-0.4, -0.2) is 36.1 Å². The average molecular weight is 332 g/mol. The van der Waals surface area contributed by atoms with Crippen molar-refractivity contribution < 1.29 is 4.39 Å². The molecule has 1 aromatic rings. The van der Waals surface area contributed by atoms with E-state index >= 15 is 0 Å². The maximum atomic E-state index is 13.4. The minimum atomic E-state index is -0.181. The molecule has 0 spiro atoms. The monoisotopic (exact) mass is 332 g/mol. The van der Waals surface area contributed by atoms with Crippen LogP contribution in [0.1, 0.15) is 18.9 Å². The van der Waals surface area contributed by atoms with Gasteiger partial charge in [-0.25, -0.2) is 4.39 Å². The van der Waals surface area contributed by atoms with Crippen LogP contribution in [0, 0.1) is 24.1 Å². The van der Waals surface area contributed by atoms with Gasteiger partial charge in [-0.3, -0.25) is 0 Å². The number of nitriles is 1. The Morgan fingerprint density at radius 2 is 2.04 bits per heavy atom. The predicted molar refractivity (Wildman–Crippen MR) is 94.6 cm³/mol. The molecule has 1 aromatic carbocycles. The van der Waals surface area contributed by atoms with E-state index in [4.69, 9.17) is 18.0 Å². The Morgan fingerprint density at radius 3 is 2.65 bits per heavy atom. The van der Waals surface area contributed by atoms with Crippen LogP contribution in [-0.2, 0) is 0 Å². The summed E-state index contributed by atoms with van der Waals surface area (Å²) in [5, 5.41) is 9.21. The molecule has 0 amide bonds. The lowest BCUT2D eigenvalue weighted by atomic mass is 10.2. The minimum Gasteiger partial charge on any atom is -0.389 e. The second-order valence-electron chi connectivity index (χ2n) is 5.70. The van der Waals surface area contributed by atoms with Crippen LogP contribution in [0.2, 0.25) is 0 Å². The fraction of sp³-hybridized carbons (Fsp3) is 0.412. The highest BCUT2D eigenvalue weighted by molar-refractivity contribution is 7.80. The Bertz CT molecular complexity index is 678.